The summed E-state index contributed by atoms with van der Waals surface area (Å²) in [6.07, 6.45) is -15.5. The number of rotatable bonds is 18. The van der Waals surface area contributed by atoms with Gasteiger partial charge in [-0.2, -0.15) is 0 Å². The van der Waals surface area contributed by atoms with Crippen molar-refractivity contribution in [3.63, 3.8) is 0 Å². The average molecular weight is 1040 g/mol. The maximum atomic E-state index is 12.3. The SMILES string of the molecule is CC[C@H](NC(=O)CC(O)C(C)(C)C)c1cccc(OC(F)(F)F)c1.CC[C@H](NC(=O)C[C@@H](O)C(C)(C)C)c1cccc(OC(F)(F)F)c1.CC[C@H](NC(=O)C[C@H](O)C(C)(C)C)c1cccc(OC(F)(F)F)c1. The normalized spacial score (nSPS) is 14.8. The van der Waals surface area contributed by atoms with Gasteiger partial charge in [0.25, 0.3) is 0 Å². The molecule has 0 aliphatic rings. The topological polar surface area (TPSA) is 176 Å². The first-order valence-electron chi connectivity index (χ1n) is 23.3. The predicted octanol–water partition coefficient (Wildman–Crippen LogP) is 11.8. The Kier molecular flexibility index (Phi) is 24.9. The van der Waals surface area contributed by atoms with E-state index in [2.05, 4.69) is 30.2 Å². The second-order valence-electron chi connectivity index (χ2n) is 20.2. The lowest BCUT2D eigenvalue weighted by Gasteiger charge is -2.26. The van der Waals surface area contributed by atoms with Gasteiger partial charge in [0, 0.05) is 0 Å². The summed E-state index contributed by atoms with van der Waals surface area (Å²) >= 11 is 0. The van der Waals surface area contributed by atoms with Crippen LogP contribution in [0.4, 0.5) is 39.5 Å². The lowest BCUT2D eigenvalue weighted by atomic mass is 9.87. The minimum absolute atomic E-state index is 0.0707. The molecular formula is C51H72F9N3O9. The summed E-state index contributed by atoms with van der Waals surface area (Å²) < 4.78 is 122. The van der Waals surface area contributed by atoms with Crippen molar-refractivity contribution in [2.75, 3.05) is 0 Å². The molecule has 0 aliphatic heterocycles. The van der Waals surface area contributed by atoms with Crippen LogP contribution in [0.15, 0.2) is 72.8 Å². The fraction of sp³-hybridized carbons (Fsp3) is 0.588. The van der Waals surface area contributed by atoms with Crippen LogP contribution in [0.5, 0.6) is 17.2 Å². The number of aliphatic hydroxyl groups is 3. The van der Waals surface area contributed by atoms with Gasteiger partial charge in [-0.1, -0.05) is 119 Å². The van der Waals surface area contributed by atoms with Gasteiger partial charge in [-0.25, -0.2) is 0 Å². The minimum atomic E-state index is -4.76. The molecule has 6 atom stereocenters. The van der Waals surface area contributed by atoms with Crippen molar-refractivity contribution in [1.29, 1.82) is 0 Å². The fourth-order valence-electron chi connectivity index (χ4n) is 6.25. The highest BCUT2D eigenvalue weighted by atomic mass is 19.4. The van der Waals surface area contributed by atoms with E-state index in [0.29, 0.717) is 36.0 Å². The molecule has 0 aromatic heterocycles. The largest absolute Gasteiger partial charge is 0.573 e. The Bertz CT molecular complexity index is 1890. The van der Waals surface area contributed by atoms with Gasteiger partial charge in [-0.15, -0.1) is 39.5 Å². The summed E-state index contributed by atoms with van der Waals surface area (Å²) in [6.45, 7) is 21.8. The van der Waals surface area contributed by atoms with Gasteiger partial charge < -0.3 is 45.5 Å². The molecule has 3 rings (SSSR count). The Morgan fingerprint density at radius 1 is 0.431 bits per heavy atom. The monoisotopic (exact) mass is 1040 g/mol. The number of nitrogens with one attached hydrogen (secondary N) is 3. The number of amides is 3. The number of halogens is 9. The van der Waals surface area contributed by atoms with Gasteiger partial charge >= 0.3 is 19.1 Å². The summed E-state index contributed by atoms with van der Waals surface area (Å²) in [7, 11) is 0. The molecule has 1 unspecified atom stereocenters. The number of ether oxygens (including phenoxy) is 3. The van der Waals surface area contributed by atoms with Crippen molar-refractivity contribution in [1.82, 2.24) is 16.0 Å². The van der Waals surface area contributed by atoms with Gasteiger partial charge in [0.1, 0.15) is 17.2 Å². The van der Waals surface area contributed by atoms with E-state index >= 15 is 0 Å². The highest BCUT2D eigenvalue weighted by Gasteiger charge is 2.34. The van der Waals surface area contributed by atoms with Crippen LogP contribution in [0.1, 0.15) is 156 Å². The van der Waals surface area contributed by atoms with Crippen molar-refractivity contribution < 1.29 is 83.4 Å². The summed E-state index contributed by atoms with van der Waals surface area (Å²) in [5, 5.41) is 38.2. The van der Waals surface area contributed by atoms with Gasteiger partial charge in [-0.3, -0.25) is 14.4 Å². The second kappa shape index (κ2) is 27.7. The lowest BCUT2D eigenvalue weighted by Crippen LogP contribution is -2.35. The van der Waals surface area contributed by atoms with Gasteiger partial charge in [-0.05, 0) is 88.6 Å². The zero-order valence-electron chi connectivity index (χ0n) is 42.8. The molecular weight excluding hydrogens is 970 g/mol. The molecule has 21 heteroatoms. The molecule has 3 aromatic carbocycles. The van der Waals surface area contributed by atoms with Crippen molar-refractivity contribution in [3.8, 4) is 17.2 Å². The number of carbonyl (C=O) groups is 3. The molecule has 0 fully saturated rings. The highest BCUT2D eigenvalue weighted by Crippen LogP contribution is 2.31. The quantitative estimate of drug-likeness (QED) is 0.0677. The maximum absolute atomic E-state index is 12.3. The summed E-state index contributed by atoms with van der Waals surface area (Å²) in [5.41, 5.74) is 0.243. The molecule has 6 N–H and O–H groups in total. The number of carbonyl (C=O) groups excluding carboxylic acids is 3. The standard InChI is InChI=1S/3C17H24F3NO3/c3*1-5-13(21-15(23)10-14(22)16(2,3)4)11-7-6-8-12(9-11)24-17(18,19)20/h3*6-9,13-14,22H,5,10H2,1-4H3,(H,21,23)/t13-,14?;13-,14+;13-,14-/m000/s1. The van der Waals surface area contributed by atoms with Crippen molar-refractivity contribution in [3.05, 3.63) is 89.5 Å². The summed E-state index contributed by atoms with van der Waals surface area (Å²) in [4.78, 5) is 36.2. The van der Waals surface area contributed by atoms with E-state index in [4.69, 9.17) is 0 Å². The van der Waals surface area contributed by atoms with Crippen LogP contribution in [0.25, 0.3) is 0 Å². The molecule has 72 heavy (non-hydrogen) atoms. The third-order valence-corrected chi connectivity index (χ3v) is 10.8. The molecule has 0 bridgehead atoms. The Morgan fingerprint density at radius 2 is 0.639 bits per heavy atom. The van der Waals surface area contributed by atoms with Crippen molar-refractivity contribution in [2.45, 2.75) is 177 Å². The third-order valence-electron chi connectivity index (χ3n) is 10.8. The van der Waals surface area contributed by atoms with Crippen LogP contribution in [0.2, 0.25) is 0 Å². The zero-order valence-corrected chi connectivity index (χ0v) is 42.8. The van der Waals surface area contributed by atoms with Crippen LogP contribution in [0.3, 0.4) is 0 Å². The number of hydrogen-bond donors (Lipinski definition) is 6. The van der Waals surface area contributed by atoms with E-state index in [1.165, 1.54) is 54.6 Å². The van der Waals surface area contributed by atoms with E-state index in [1.807, 2.05) is 83.1 Å². The molecule has 3 aromatic rings. The molecule has 0 spiro atoms. The number of benzene rings is 3. The summed E-state index contributed by atoms with van der Waals surface area (Å²) in [5.74, 6) is -2.06. The average Bonchev–Trinajstić information content (AvgIpc) is 3.21. The van der Waals surface area contributed by atoms with Crippen LogP contribution in [0, 0.1) is 16.2 Å². The molecule has 3 amide bonds. The number of hydrogen-bond acceptors (Lipinski definition) is 9. The molecule has 0 saturated carbocycles. The van der Waals surface area contributed by atoms with E-state index in [9.17, 15) is 69.2 Å². The third kappa shape index (κ3) is 26.4. The van der Waals surface area contributed by atoms with Gasteiger partial charge in [0.05, 0.1) is 55.7 Å². The van der Waals surface area contributed by atoms with Crippen molar-refractivity contribution >= 4 is 17.7 Å². The van der Waals surface area contributed by atoms with E-state index < -0.39 is 71.8 Å². The van der Waals surface area contributed by atoms with Gasteiger partial charge in [0.2, 0.25) is 17.7 Å². The number of alkyl halides is 9. The highest BCUT2D eigenvalue weighted by molar-refractivity contribution is 5.78. The smallest absolute Gasteiger partial charge is 0.406 e. The molecule has 0 radical (unpaired) electrons. The molecule has 12 nitrogen and oxygen atoms in total. The Morgan fingerprint density at radius 3 is 0.806 bits per heavy atom. The van der Waals surface area contributed by atoms with E-state index in [1.54, 1.807) is 18.2 Å². The maximum Gasteiger partial charge on any atom is 0.573 e. The second-order valence-corrected chi connectivity index (χ2v) is 20.2. The van der Waals surface area contributed by atoms with Gasteiger partial charge in [0.15, 0.2) is 0 Å². The van der Waals surface area contributed by atoms with E-state index in [-0.39, 0.29) is 54.2 Å². The first-order chi connectivity index (χ1) is 32.8. The van der Waals surface area contributed by atoms with Crippen LogP contribution in [-0.2, 0) is 14.4 Å². The lowest BCUT2D eigenvalue weighted by molar-refractivity contribution is -0.275. The first kappa shape index (κ1) is 64.7. The minimum Gasteiger partial charge on any atom is -0.406 e. The molecule has 0 saturated heterocycles. The Balaban J connectivity index is 0.000000540. The predicted molar refractivity (Wildman–Crippen MR) is 253 cm³/mol. The number of aliphatic hydroxyl groups excluding tert-OH is 3. The molecule has 0 heterocycles. The fourth-order valence-corrected chi connectivity index (χ4v) is 6.25. The Labute approximate surface area is 416 Å². The van der Waals surface area contributed by atoms with E-state index in [0.717, 1.165) is 0 Å². The first-order valence-corrected chi connectivity index (χ1v) is 23.3. The van der Waals surface area contributed by atoms with Crippen molar-refractivity contribution in [2.24, 2.45) is 16.2 Å². The Hall–Kier alpha value is -5.28. The summed E-state index contributed by atoms with van der Waals surface area (Å²) in [6, 6.07) is 15.2. The van der Waals surface area contributed by atoms with Crippen LogP contribution in [-0.4, -0.2) is 70.4 Å². The zero-order chi connectivity index (χ0) is 55.6. The molecule has 0 aliphatic carbocycles. The molecule has 408 valence electrons. The van der Waals surface area contributed by atoms with Crippen LogP contribution >= 0.6 is 0 Å². The van der Waals surface area contributed by atoms with Crippen LogP contribution < -0.4 is 30.2 Å².